The molecular weight excluding hydrogens is 258 g/mol. The summed E-state index contributed by atoms with van der Waals surface area (Å²) in [4.78, 5) is 15.2. The largest absolute Gasteiger partial charge is 0.423 e. The summed E-state index contributed by atoms with van der Waals surface area (Å²) in [7, 11) is 0. The van der Waals surface area contributed by atoms with E-state index in [-0.39, 0.29) is 0 Å². The van der Waals surface area contributed by atoms with E-state index < -0.39 is 5.97 Å². The number of benzene rings is 1. The molecule has 1 heterocycles. The summed E-state index contributed by atoms with van der Waals surface area (Å²) in [5.41, 5.74) is 2.82. The van der Waals surface area contributed by atoms with Crippen LogP contribution in [-0.2, 0) is 16.1 Å². The number of aromatic nitrogens is 2. The van der Waals surface area contributed by atoms with Crippen LogP contribution in [0.4, 0.5) is 0 Å². The number of hydrogen-bond acceptors (Lipinski definition) is 6. The maximum atomic E-state index is 10.6. The molecule has 0 amide bonds. The van der Waals surface area contributed by atoms with Crippen LogP contribution in [0.5, 0.6) is 0 Å². The van der Waals surface area contributed by atoms with Crippen LogP contribution in [0.15, 0.2) is 40.2 Å². The van der Waals surface area contributed by atoms with Gasteiger partial charge < -0.3 is 9.25 Å². The molecule has 0 aliphatic rings. The van der Waals surface area contributed by atoms with E-state index in [0.717, 1.165) is 29.7 Å². The molecule has 0 unspecified atom stereocenters. The molecular formula is C14H15N3O3. The quantitative estimate of drug-likeness (QED) is 0.475. The highest BCUT2D eigenvalue weighted by Crippen LogP contribution is 2.17. The Morgan fingerprint density at radius 1 is 1.30 bits per heavy atom. The first-order valence-electron chi connectivity index (χ1n) is 6.21. The summed E-state index contributed by atoms with van der Waals surface area (Å²) < 4.78 is 5.12. The molecule has 0 saturated carbocycles. The fourth-order valence-electron chi connectivity index (χ4n) is 1.63. The van der Waals surface area contributed by atoms with Crippen molar-refractivity contribution in [2.45, 2.75) is 26.7 Å². The van der Waals surface area contributed by atoms with Crippen molar-refractivity contribution < 1.29 is 14.0 Å². The maximum absolute atomic E-state index is 10.6. The number of hydrogen-bond donors (Lipinski definition) is 0. The maximum Gasteiger partial charge on any atom is 0.331 e. The van der Waals surface area contributed by atoms with Gasteiger partial charge in [0.1, 0.15) is 0 Å². The van der Waals surface area contributed by atoms with E-state index in [9.17, 15) is 4.79 Å². The van der Waals surface area contributed by atoms with Crippen molar-refractivity contribution in [3.63, 3.8) is 0 Å². The van der Waals surface area contributed by atoms with Crippen LogP contribution >= 0.6 is 0 Å². The lowest BCUT2D eigenvalue weighted by Crippen LogP contribution is -1.99. The van der Waals surface area contributed by atoms with Gasteiger partial charge in [-0.25, -0.2) is 4.79 Å². The minimum Gasteiger partial charge on any atom is -0.423 e. The second-order valence-electron chi connectivity index (χ2n) is 4.35. The van der Waals surface area contributed by atoms with Crippen LogP contribution in [0.3, 0.4) is 0 Å². The molecule has 1 aromatic heterocycles. The monoisotopic (exact) mass is 273 g/mol. The van der Waals surface area contributed by atoms with Crippen LogP contribution in [0.1, 0.15) is 25.8 Å². The first-order valence-corrected chi connectivity index (χ1v) is 6.21. The highest BCUT2D eigenvalue weighted by atomic mass is 16.7. The van der Waals surface area contributed by atoms with Gasteiger partial charge in [0.15, 0.2) is 0 Å². The van der Waals surface area contributed by atoms with E-state index in [1.165, 1.54) is 13.3 Å². The number of aryl methyl sites for hydroxylation is 1. The molecule has 6 heteroatoms. The third-order valence-electron chi connectivity index (χ3n) is 2.67. The minimum atomic E-state index is -0.409. The Morgan fingerprint density at radius 3 is 2.65 bits per heavy atom. The molecule has 0 aliphatic heterocycles. The molecule has 6 nitrogen and oxygen atoms in total. The predicted molar refractivity (Wildman–Crippen MR) is 72.9 cm³/mol. The molecule has 0 radical (unpaired) electrons. The number of carbonyl (C=O) groups is 1. The summed E-state index contributed by atoms with van der Waals surface area (Å²) in [5.74, 6) is 0.0948. The molecule has 0 atom stereocenters. The lowest BCUT2D eigenvalue weighted by atomic mass is 10.1. The Hall–Kier alpha value is -2.50. The van der Waals surface area contributed by atoms with E-state index in [4.69, 9.17) is 4.42 Å². The van der Waals surface area contributed by atoms with Gasteiger partial charge in [-0.3, -0.25) is 0 Å². The third-order valence-corrected chi connectivity index (χ3v) is 2.67. The van der Waals surface area contributed by atoms with Gasteiger partial charge in [-0.15, -0.1) is 10.2 Å². The van der Waals surface area contributed by atoms with Gasteiger partial charge in [0, 0.05) is 12.5 Å². The number of nitrogens with zero attached hydrogens (tertiary/aromatic N) is 3. The van der Waals surface area contributed by atoms with Crippen LogP contribution in [-0.4, -0.2) is 21.9 Å². The van der Waals surface area contributed by atoms with Crippen molar-refractivity contribution in [3.8, 4) is 11.5 Å². The van der Waals surface area contributed by atoms with E-state index in [1.807, 2.05) is 31.2 Å². The van der Waals surface area contributed by atoms with E-state index in [1.54, 1.807) is 0 Å². The molecule has 0 spiro atoms. The van der Waals surface area contributed by atoms with Crippen molar-refractivity contribution in [2.24, 2.45) is 5.16 Å². The molecule has 0 saturated heterocycles. The molecule has 2 aromatic rings. The third kappa shape index (κ3) is 4.01. The topological polar surface area (TPSA) is 77.6 Å². The lowest BCUT2D eigenvalue weighted by Gasteiger charge is -2.02. The van der Waals surface area contributed by atoms with Gasteiger partial charge >= 0.3 is 5.97 Å². The first-order chi connectivity index (χ1) is 9.65. The van der Waals surface area contributed by atoms with Gasteiger partial charge in [-0.05, 0) is 37.5 Å². The van der Waals surface area contributed by atoms with Crippen molar-refractivity contribution in [1.29, 1.82) is 0 Å². The predicted octanol–water partition coefficient (Wildman–Crippen LogP) is 2.61. The van der Waals surface area contributed by atoms with Crippen molar-refractivity contribution in [2.75, 3.05) is 0 Å². The van der Waals surface area contributed by atoms with Crippen LogP contribution < -0.4 is 0 Å². The van der Waals surface area contributed by atoms with Crippen molar-refractivity contribution in [1.82, 2.24) is 10.2 Å². The van der Waals surface area contributed by atoms with Gasteiger partial charge in [0.25, 0.3) is 0 Å². The Kier molecular flexibility index (Phi) is 4.60. The summed E-state index contributed by atoms with van der Waals surface area (Å²) in [6, 6.07) is 7.86. The molecule has 0 N–H and O–H groups in total. The second kappa shape index (κ2) is 6.60. The van der Waals surface area contributed by atoms with E-state index in [0.29, 0.717) is 5.89 Å². The van der Waals surface area contributed by atoms with Gasteiger partial charge in [-0.1, -0.05) is 17.3 Å². The fourth-order valence-corrected chi connectivity index (χ4v) is 1.63. The molecule has 2 rings (SSSR count). The molecule has 20 heavy (non-hydrogen) atoms. The van der Waals surface area contributed by atoms with Crippen molar-refractivity contribution in [3.05, 3.63) is 36.2 Å². The average Bonchev–Trinajstić information content (AvgIpc) is 2.97. The van der Waals surface area contributed by atoms with Crippen LogP contribution in [0, 0.1) is 0 Å². The Morgan fingerprint density at radius 2 is 2.05 bits per heavy atom. The molecule has 0 fully saturated rings. The Balaban J connectivity index is 1.91. The highest BCUT2D eigenvalue weighted by molar-refractivity contribution is 5.82. The SMILES string of the molecule is CC(=O)O/N=C(\C)CCc1ccc(-c2nnco2)cc1. The normalized spacial score (nSPS) is 11.4. The molecule has 1 aromatic carbocycles. The fraction of sp³-hybridized carbons (Fsp3) is 0.286. The van der Waals surface area contributed by atoms with Gasteiger partial charge in [0.05, 0.1) is 5.71 Å². The standard InChI is InChI=1S/C14H15N3O3/c1-10(17-20-11(2)18)3-4-12-5-7-13(8-6-12)14-16-15-9-19-14/h5-9H,3-4H2,1-2H3/b17-10+. The van der Waals surface area contributed by atoms with Crippen LogP contribution in [0.25, 0.3) is 11.5 Å². The highest BCUT2D eigenvalue weighted by Gasteiger charge is 2.03. The van der Waals surface area contributed by atoms with E-state index in [2.05, 4.69) is 20.2 Å². The smallest absolute Gasteiger partial charge is 0.331 e. The summed E-state index contributed by atoms with van der Waals surface area (Å²) >= 11 is 0. The summed E-state index contributed by atoms with van der Waals surface area (Å²) in [6.45, 7) is 3.16. The zero-order valence-electron chi connectivity index (χ0n) is 11.4. The van der Waals surface area contributed by atoms with E-state index >= 15 is 0 Å². The number of carbonyl (C=O) groups excluding carboxylic acids is 1. The molecule has 104 valence electrons. The number of oxime groups is 1. The molecule has 0 bridgehead atoms. The molecule has 0 aliphatic carbocycles. The lowest BCUT2D eigenvalue weighted by molar-refractivity contribution is -0.140. The van der Waals surface area contributed by atoms with Crippen LogP contribution in [0.2, 0.25) is 0 Å². The average molecular weight is 273 g/mol. The zero-order valence-corrected chi connectivity index (χ0v) is 11.4. The van der Waals surface area contributed by atoms with Gasteiger partial charge in [0.2, 0.25) is 12.3 Å². The van der Waals surface area contributed by atoms with Crippen molar-refractivity contribution >= 4 is 11.7 Å². The Bertz CT molecular complexity index is 589. The summed E-state index contributed by atoms with van der Waals surface area (Å²) in [6.07, 6.45) is 2.85. The zero-order chi connectivity index (χ0) is 14.4. The summed E-state index contributed by atoms with van der Waals surface area (Å²) in [5, 5.41) is 11.2. The first kappa shape index (κ1) is 13.9. The minimum absolute atomic E-state index is 0.409. The number of rotatable bonds is 5. The second-order valence-corrected chi connectivity index (χ2v) is 4.35. The Labute approximate surface area is 116 Å². The van der Waals surface area contributed by atoms with Gasteiger partial charge in [-0.2, -0.15) is 0 Å².